The summed E-state index contributed by atoms with van der Waals surface area (Å²) in [6.07, 6.45) is 0.0476. The van der Waals surface area contributed by atoms with E-state index in [0.717, 1.165) is 11.1 Å². The number of aryl methyl sites for hydroxylation is 1. The van der Waals surface area contributed by atoms with Crippen LogP contribution in [0.15, 0.2) is 18.2 Å². The second-order valence-corrected chi connectivity index (χ2v) is 3.79. The van der Waals surface area contributed by atoms with Crippen molar-refractivity contribution in [2.45, 2.75) is 19.4 Å². The van der Waals surface area contributed by atoms with Gasteiger partial charge in [0.15, 0.2) is 0 Å². The van der Waals surface area contributed by atoms with Gasteiger partial charge in [0.25, 0.3) is 0 Å². The summed E-state index contributed by atoms with van der Waals surface area (Å²) >= 11 is 3.18. The van der Waals surface area contributed by atoms with E-state index in [1.807, 2.05) is 19.1 Å². The van der Waals surface area contributed by atoms with E-state index in [9.17, 15) is 10.2 Å². The third-order valence-electron chi connectivity index (χ3n) is 1.87. The fourth-order valence-corrected chi connectivity index (χ4v) is 1.42. The van der Waals surface area contributed by atoms with E-state index in [1.165, 1.54) is 0 Å². The largest absolute Gasteiger partial charge is 0.508 e. The highest BCUT2D eigenvalue weighted by Crippen LogP contribution is 2.20. The number of alkyl halides is 1. The highest BCUT2D eigenvalue weighted by molar-refractivity contribution is 9.09. The highest BCUT2D eigenvalue weighted by atomic mass is 79.9. The monoisotopic (exact) mass is 244 g/mol. The molecule has 0 unspecified atom stereocenters. The fourth-order valence-electron chi connectivity index (χ4n) is 1.19. The number of hydrogen-bond donors (Lipinski definition) is 2. The topological polar surface area (TPSA) is 40.5 Å². The molecule has 2 nitrogen and oxygen atoms in total. The molecule has 1 atom stereocenters. The van der Waals surface area contributed by atoms with E-state index < -0.39 is 6.10 Å². The zero-order valence-electron chi connectivity index (χ0n) is 7.50. The Hall–Kier alpha value is -0.540. The Morgan fingerprint density at radius 1 is 1.46 bits per heavy atom. The van der Waals surface area contributed by atoms with Crippen molar-refractivity contribution in [3.8, 4) is 5.75 Å². The van der Waals surface area contributed by atoms with E-state index >= 15 is 0 Å². The molecule has 0 heterocycles. The van der Waals surface area contributed by atoms with E-state index in [2.05, 4.69) is 15.9 Å². The van der Waals surface area contributed by atoms with Gasteiger partial charge in [-0.25, -0.2) is 0 Å². The van der Waals surface area contributed by atoms with Crippen LogP contribution in [0.2, 0.25) is 0 Å². The minimum Gasteiger partial charge on any atom is -0.508 e. The number of aliphatic hydroxyl groups is 1. The zero-order valence-corrected chi connectivity index (χ0v) is 9.08. The maximum Gasteiger partial charge on any atom is 0.118 e. The van der Waals surface area contributed by atoms with Crippen molar-refractivity contribution < 1.29 is 10.2 Å². The van der Waals surface area contributed by atoms with E-state index in [-0.39, 0.29) is 5.75 Å². The number of rotatable bonds is 3. The first kappa shape index (κ1) is 10.5. The van der Waals surface area contributed by atoms with Crippen LogP contribution in [0.25, 0.3) is 0 Å². The van der Waals surface area contributed by atoms with Crippen LogP contribution in [0.5, 0.6) is 5.75 Å². The first-order valence-electron chi connectivity index (χ1n) is 4.16. The molecule has 1 rings (SSSR count). The van der Waals surface area contributed by atoms with Gasteiger partial charge in [-0.3, -0.25) is 0 Å². The molecule has 0 aliphatic heterocycles. The lowest BCUT2D eigenvalue weighted by Gasteiger charge is -2.09. The smallest absolute Gasteiger partial charge is 0.118 e. The number of aromatic hydroxyl groups is 1. The molecule has 72 valence electrons. The van der Waals surface area contributed by atoms with Crippen molar-refractivity contribution in [3.05, 3.63) is 29.3 Å². The van der Waals surface area contributed by atoms with Gasteiger partial charge in [-0.05, 0) is 18.6 Å². The summed E-state index contributed by atoms with van der Waals surface area (Å²) in [7, 11) is 0. The van der Waals surface area contributed by atoms with Crippen LogP contribution in [0.4, 0.5) is 0 Å². The second-order valence-electron chi connectivity index (χ2n) is 3.14. The van der Waals surface area contributed by atoms with Gasteiger partial charge in [0, 0.05) is 11.8 Å². The molecule has 0 saturated carbocycles. The Bertz CT molecular complexity index is 286. The number of hydrogen-bond acceptors (Lipinski definition) is 2. The maximum atomic E-state index is 9.45. The summed E-state index contributed by atoms with van der Waals surface area (Å²) in [6.45, 7) is 1.96. The molecular formula is C10H13BrO2. The zero-order chi connectivity index (χ0) is 9.84. The summed E-state index contributed by atoms with van der Waals surface area (Å²) in [4.78, 5) is 0. The number of phenols is 1. The molecule has 2 N–H and O–H groups in total. The maximum absolute atomic E-state index is 9.45. The minimum absolute atomic E-state index is 0.255. The molecule has 3 heteroatoms. The van der Waals surface area contributed by atoms with Gasteiger partial charge in [0.05, 0.1) is 6.10 Å². The molecule has 13 heavy (non-hydrogen) atoms. The Labute approximate surface area is 86.3 Å². The van der Waals surface area contributed by atoms with Crippen molar-refractivity contribution in [3.63, 3.8) is 0 Å². The molecule has 1 aromatic rings. The van der Waals surface area contributed by atoms with E-state index in [1.54, 1.807) is 6.07 Å². The van der Waals surface area contributed by atoms with Crippen LogP contribution < -0.4 is 0 Å². The second kappa shape index (κ2) is 4.63. The molecule has 0 aromatic heterocycles. The molecule has 0 fully saturated rings. The minimum atomic E-state index is -0.437. The summed E-state index contributed by atoms with van der Waals surface area (Å²) in [6, 6.07) is 5.40. The van der Waals surface area contributed by atoms with Crippen LogP contribution in [0.1, 0.15) is 11.1 Å². The standard InChI is InChI=1S/C10H13BrO2/c1-7-2-3-10(13)8(4-7)5-9(12)6-11/h2-4,9,12-13H,5-6H2,1H3/t9-/m0/s1. The molecule has 0 aliphatic carbocycles. The number of halogens is 1. The molecule has 0 spiro atoms. The third kappa shape index (κ3) is 3.01. The van der Waals surface area contributed by atoms with Crippen LogP contribution in [0, 0.1) is 6.92 Å². The predicted octanol–water partition coefficient (Wildman–Crippen LogP) is 2.00. The summed E-state index contributed by atoms with van der Waals surface area (Å²) in [5.41, 5.74) is 1.89. The van der Waals surface area contributed by atoms with Gasteiger partial charge < -0.3 is 10.2 Å². The molecule has 0 aliphatic rings. The Morgan fingerprint density at radius 2 is 2.15 bits per heavy atom. The summed E-state index contributed by atoms with van der Waals surface area (Å²) in [5.74, 6) is 0.255. The average Bonchev–Trinajstić information content (AvgIpc) is 2.11. The normalized spacial score (nSPS) is 12.8. The Morgan fingerprint density at radius 3 is 2.77 bits per heavy atom. The van der Waals surface area contributed by atoms with Gasteiger partial charge in [0.2, 0.25) is 0 Å². The van der Waals surface area contributed by atoms with Crippen molar-refractivity contribution in [1.29, 1.82) is 0 Å². The van der Waals surface area contributed by atoms with Crippen molar-refractivity contribution in [2.24, 2.45) is 0 Å². The summed E-state index contributed by atoms with van der Waals surface area (Å²) < 4.78 is 0. The molecule has 0 saturated heterocycles. The first-order chi connectivity index (χ1) is 6.13. The van der Waals surface area contributed by atoms with Gasteiger partial charge in [-0.1, -0.05) is 33.6 Å². The van der Waals surface area contributed by atoms with Crippen LogP contribution in [0.3, 0.4) is 0 Å². The van der Waals surface area contributed by atoms with E-state index in [4.69, 9.17) is 0 Å². The number of phenolic OH excluding ortho intramolecular Hbond substituents is 1. The fraction of sp³-hybridized carbons (Fsp3) is 0.400. The molecular weight excluding hydrogens is 232 g/mol. The van der Waals surface area contributed by atoms with E-state index in [0.29, 0.717) is 11.8 Å². The average molecular weight is 245 g/mol. The molecule has 0 radical (unpaired) electrons. The van der Waals surface area contributed by atoms with Crippen molar-refractivity contribution in [2.75, 3.05) is 5.33 Å². The van der Waals surface area contributed by atoms with Gasteiger partial charge in [0.1, 0.15) is 5.75 Å². The SMILES string of the molecule is Cc1ccc(O)c(C[C@H](O)CBr)c1. The van der Waals surface area contributed by atoms with Crippen LogP contribution in [-0.2, 0) is 6.42 Å². The number of aliphatic hydroxyl groups excluding tert-OH is 1. The Kier molecular flexibility index (Phi) is 3.75. The molecule has 0 bridgehead atoms. The third-order valence-corrected chi connectivity index (χ3v) is 2.62. The highest BCUT2D eigenvalue weighted by Gasteiger charge is 2.07. The van der Waals surface area contributed by atoms with Crippen LogP contribution >= 0.6 is 15.9 Å². The van der Waals surface area contributed by atoms with Crippen molar-refractivity contribution >= 4 is 15.9 Å². The lowest BCUT2D eigenvalue weighted by atomic mass is 10.1. The lowest BCUT2D eigenvalue weighted by Crippen LogP contribution is -2.11. The van der Waals surface area contributed by atoms with Crippen molar-refractivity contribution in [1.82, 2.24) is 0 Å². The van der Waals surface area contributed by atoms with Crippen LogP contribution in [-0.4, -0.2) is 21.6 Å². The summed E-state index contributed by atoms with van der Waals surface area (Å²) in [5, 5.41) is 19.3. The first-order valence-corrected chi connectivity index (χ1v) is 5.28. The van der Waals surface area contributed by atoms with Gasteiger partial charge in [-0.15, -0.1) is 0 Å². The molecule has 0 amide bonds. The van der Waals surface area contributed by atoms with Gasteiger partial charge >= 0.3 is 0 Å². The lowest BCUT2D eigenvalue weighted by molar-refractivity contribution is 0.200. The number of benzene rings is 1. The Balaban J connectivity index is 2.81. The molecule has 1 aromatic carbocycles. The van der Waals surface area contributed by atoms with Gasteiger partial charge in [-0.2, -0.15) is 0 Å². The predicted molar refractivity (Wildman–Crippen MR) is 56.3 cm³/mol. The quantitative estimate of drug-likeness (QED) is 0.799.